The Hall–Kier alpha value is -3.80. The summed E-state index contributed by atoms with van der Waals surface area (Å²) < 4.78 is 11.6. The van der Waals surface area contributed by atoms with Gasteiger partial charge in [0.25, 0.3) is 0 Å². The maximum Gasteiger partial charge on any atom is 0.310 e. The summed E-state index contributed by atoms with van der Waals surface area (Å²) in [5, 5.41) is 14.8. The third-order valence-electron chi connectivity index (χ3n) is 6.10. The molecule has 0 saturated heterocycles. The summed E-state index contributed by atoms with van der Waals surface area (Å²) in [6.07, 6.45) is 10.0. The lowest BCUT2D eigenvalue weighted by Gasteiger charge is -2.24. The molecule has 1 atom stereocenters. The van der Waals surface area contributed by atoms with Gasteiger partial charge in [0, 0.05) is 12.3 Å². The molecule has 6 heteroatoms. The van der Waals surface area contributed by atoms with Crippen molar-refractivity contribution in [1.29, 1.82) is 0 Å². The van der Waals surface area contributed by atoms with Crippen molar-refractivity contribution in [2.45, 2.75) is 24.8 Å². The molecule has 0 aliphatic heterocycles. The van der Waals surface area contributed by atoms with Gasteiger partial charge in [-0.15, -0.1) is 0 Å². The van der Waals surface area contributed by atoms with Crippen LogP contribution in [0, 0.1) is 5.92 Å². The number of aromatic nitrogens is 1. The molecule has 1 saturated carbocycles. The molecule has 5 rings (SSSR count). The molecule has 2 aliphatic rings. The van der Waals surface area contributed by atoms with Gasteiger partial charge in [0.2, 0.25) is 0 Å². The first-order valence-corrected chi connectivity index (χ1v) is 10.7. The lowest BCUT2D eigenvalue weighted by Crippen LogP contribution is -2.26. The fourth-order valence-corrected chi connectivity index (χ4v) is 4.16. The minimum Gasteiger partial charge on any atom is -0.497 e. The number of pyridine rings is 1. The van der Waals surface area contributed by atoms with Crippen molar-refractivity contribution in [2.24, 2.45) is 5.92 Å². The van der Waals surface area contributed by atoms with E-state index in [4.69, 9.17) is 9.47 Å². The second-order valence-electron chi connectivity index (χ2n) is 8.20. The number of carbonyl (C=O) groups is 1. The zero-order valence-corrected chi connectivity index (χ0v) is 17.7. The number of aliphatic carboxylic acids is 1. The van der Waals surface area contributed by atoms with Crippen LogP contribution in [-0.4, -0.2) is 28.7 Å². The summed E-state index contributed by atoms with van der Waals surface area (Å²) >= 11 is 0. The molecule has 6 nitrogen and oxygen atoms in total. The van der Waals surface area contributed by atoms with E-state index in [0.29, 0.717) is 17.9 Å². The smallest absolute Gasteiger partial charge is 0.310 e. The monoisotopic (exact) mass is 428 g/mol. The predicted octanol–water partition coefficient (Wildman–Crippen LogP) is 5.57. The summed E-state index contributed by atoms with van der Waals surface area (Å²) in [5.41, 5.74) is 0.907. The maximum atomic E-state index is 11.3. The average molecular weight is 428 g/mol. The normalized spacial score (nSPS) is 18.7. The van der Waals surface area contributed by atoms with Crippen LogP contribution in [0.5, 0.6) is 17.2 Å². The largest absolute Gasteiger partial charge is 0.497 e. The molecule has 2 aromatic carbocycles. The minimum absolute atomic E-state index is 0.218. The number of hydrogen-bond acceptors (Lipinski definition) is 5. The number of ether oxygens (including phenoxy) is 2. The maximum absolute atomic E-state index is 11.3. The highest BCUT2D eigenvalue weighted by Gasteiger charge is 2.46. The molecule has 1 heterocycles. The summed E-state index contributed by atoms with van der Waals surface area (Å²) in [6, 6.07) is 15.4. The van der Waals surface area contributed by atoms with Crippen molar-refractivity contribution in [3.05, 3.63) is 78.5 Å². The Kier molecular flexibility index (Phi) is 5.05. The Morgan fingerprint density at radius 2 is 1.97 bits per heavy atom. The predicted molar refractivity (Wildman–Crippen MR) is 123 cm³/mol. The van der Waals surface area contributed by atoms with Crippen molar-refractivity contribution in [1.82, 2.24) is 4.98 Å². The van der Waals surface area contributed by atoms with Gasteiger partial charge in [-0.25, -0.2) is 4.98 Å². The second kappa shape index (κ2) is 8.04. The number of anilines is 1. The van der Waals surface area contributed by atoms with Crippen LogP contribution in [0.3, 0.4) is 0 Å². The Bertz CT molecular complexity index is 1240. The van der Waals surface area contributed by atoms with Crippen LogP contribution in [0.2, 0.25) is 0 Å². The molecule has 2 N–H and O–H groups in total. The van der Waals surface area contributed by atoms with Gasteiger partial charge in [0.1, 0.15) is 23.1 Å². The van der Waals surface area contributed by atoms with Gasteiger partial charge < -0.3 is 19.9 Å². The first kappa shape index (κ1) is 20.1. The SMILES string of the molecule is COc1cccc(Oc2cccc3ccnc(NC4(C5=CCC(C(=O)O)C=C5)CC4)c23)c1. The van der Waals surface area contributed by atoms with Crippen LogP contribution in [0.4, 0.5) is 5.82 Å². The lowest BCUT2D eigenvalue weighted by molar-refractivity contribution is -0.139. The zero-order chi connectivity index (χ0) is 22.1. The lowest BCUT2D eigenvalue weighted by atomic mass is 9.92. The molecule has 0 radical (unpaired) electrons. The van der Waals surface area contributed by atoms with Crippen LogP contribution in [0.25, 0.3) is 10.8 Å². The number of rotatable bonds is 7. The van der Waals surface area contributed by atoms with Crippen LogP contribution in [0.15, 0.2) is 78.5 Å². The van der Waals surface area contributed by atoms with E-state index in [9.17, 15) is 9.90 Å². The molecule has 162 valence electrons. The molecule has 1 unspecified atom stereocenters. The number of benzene rings is 2. The first-order valence-electron chi connectivity index (χ1n) is 10.7. The van der Waals surface area contributed by atoms with E-state index < -0.39 is 11.9 Å². The van der Waals surface area contributed by atoms with Gasteiger partial charge in [-0.2, -0.15) is 0 Å². The van der Waals surface area contributed by atoms with E-state index in [-0.39, 0.29) is 5.54 Å². The molecule has 0 spiro atoms. The van der Waals surface area contributed by atoms with Crippen molar-refractivity contribution in [3.8, 4) is 17.2 Å². The number of methoxy groups -OCH3 is 1. The molecule has 32 heavy (non-hydrogen) atoms. The highest BCUT2D eigenvalue weighted by molar-refractivity contribution is 5.97. The summed E-state index contributed by atoms with van der Waals surface area (Å²) in [5.74, 6) is 1.64. The fourth-order valence-electron chi connectivity index (χ4n) is 4.16. The molecule has 2 aliphatic carbocycles. The second-order valence-corrected chi connectivity index (χ2v) is 8.20. The van der Waals surface area contributed by atoms with E-state index in [1.807, 2.05) is 60.7 Å². The molecular weight excluding hydrogens is 404 g/mol. The number of fused-ring (bicyclic) bond motifs is 1. The van der Waals surface area contributed by atoms with E-state index in [1.54, 1.807) is 19.4 Å². The molecule has 0 amide bonds. The quantitative estimate of drug-likeness (QED) is 0.512. The molecule has 1 aromatic heterocycles. The van der Waals surface area contributed by atoms with Crippen molar-refractivity contribution in [2.75, 3.05) is 12.4 Å². The van der Waals surface area contributed by atoms with E-state index in [0.717, 1.165) is 40.8 Å². The van der Waals surface area contributed by atoms with Gasteiger partial charge in [-0.05, 0) is 54.5 Å². The summed E-state index contributed by atoms with van der Waals surface area (Å²) in [4.78, 5) is 15.9. The van der Waals surface area contributed by atoms with Gasteiger partial charge in [0.15, 0.2) is 0 Å². The number of nitrogens with one attached hydrogen (secondary N) is 1. The average Bonchev–Trinajstić information content (AvgIpc) is 3.60. The first-order chi connectivity index (χ1) is 15.6. The summed E-state index contributed by atoms with van der Waals surface area (Å²) in [6.45, 7) is 0. The highest BCUT2D eigenvalue weighted by atomic mass is 16.5. The van der Waals surface area contributed by atoms with Crippen LogP contribution >= 0.6 is 0 Å². The van der Waals surface area contributed by atoms with Crippen molar-refractivity contribution < 1.29 is 19.4 Å². The Labute approximate surface area is 186 Å². The third kappa shape index (κ3) is 3.80. The highest BCUT2D eigenvalue weighted by Crippen LogP contribution is 2.48. The minimum atomic E-state index is -0.788. The number of carboxylic acid groups (broad SMARTS) is 1. The number of nitrogens with zero attached hydrogens (tertiary/aromatic N) is 1. The number of hydrogen-bond donors (Lipinski definition) is 2. The van der Waals surface area contributed by atoms with Crippen LogP contribution in [-0.2, 0) is 4.79 Å². The van der Waals surface area contributed by atoms with Gasteiger partial charge in [0.05, 0.1) is 24.0 Å². The molecule has 1 fully saturated rings. The molecule has 0 bridgehead atoms. The van der Waals surface area contributed by atoms with Crippen LogP contribution in [0.1, 0.15) is 19.3 Å². The zero-order valence-electron chi connectivity index (χ0n) is 17.7. The Morgan fingerprint density at radius 1 is 1.16 bits per heavy atom. The van der Waals surface area contributed by atoms with Crippen molar-refractivity contribution >= 4 is 22.6 Å². The van der Waals surface area contributed by atoms with Gasteiger partial charge >= 0.3 is 5.97 Å². The standard InChI is InChI=1S/C26H24N2O4/c1-31-20-5-3-6-21(16-20)32-22-7-2-4-17-12-15-27-24(23(17)22)28-26(13-14-26)19-10-8-18(9-11-19)25(29)30/h2-8,10-12,15-16,18H,9,13-14H2,1H3,(H,27,28)(H,29,30). The number of allylic oxidation sites excluding steroid dienone is 1. The van der Waals surface area contributed by atoms with Gasteiger partial charge in [-0.1, -0.05) is 36.4 Å². The van der Waals surface area contributed by atoms with Crippen molar-refractivity contribution in [3.63, 3.8) is 0 Å². The Morgan fingerprint density at radius 3 is 2.69 bits per heavy atom. The van der Waals surface area contributed by atoms with E-state index >= 15 is 0 Å². The third-order valence-corrected chi connectivity index (χ3v) is 6.10. The van der Waals surface area contributed by atoms with E-state index in [2.05, 4.69) is 10.3 Å². The number of carboxylic acids is 1. The molecular formula is C26H24N2O4. The molecule has 3 aromatic rings. The van der Waals surface area contributed by atoms with Crippen LogP contribution < -0.4 is 14.8 Å². The topological polar surface area (TPSA) is 80.7 Å². The Balaban J connectivity index is 1.47. The summed E-state index contributed by atoms with van der Waals surface area (Å²) in [7, 11) is 1.63. The van der Waals surface area contributed by atoms with Gasteiger partial charge in [-0.3, -0.25) is 4.79 Å². The van der Waals surface area contributed by atoms with E-state index in [1.165, 1.54) is 0 Å². The fraction of sp³-hybridized carbons (Fsp3) is 0.231.